The third-order valence-corrected chi connectivity index (χ3v) is 6.33. The highest BCUT2D eigenvalue weighted by Crippen LogP contribution is 2.32. The Morgan fingerprint density at radius 3 is 1.79 bits per heavy atom. The summed E-state index contributed by atoms with van der Waals surface area (Å²) in [6, 6.07) is 4.12. The standard InChI is InChI=1S/C30H47NO11/c1-11-28(7,8)41-25(35)39-21-14-13-20(15-22(21)40-26(36)42-29(9,10)12-2)17-30(31,23(32)33)16-19(3)38-24(34)37-18-27(4,5)6/h13-15,19H,11-12,16-18,31H2,1-10H3,(H,32,33)/t19-,30?/m0/s1. The first kappa shape index (κ1) is 36.5. The Hall–Kier alpha value is -3.54. The fourth-order valence-electron chi connectivity index (χ4n) is 3.27. The Morgan fingerprint density at radius 2 is 1.33 bits per heavy atom. The van der Waals surface area contributed by atoms with Gasteiger partial charge in [0.25, 0.3) is 0 Å². The zero-order chi connectivity index (χ0) is 32.5. The van der Waals surface area contributed by atoms with Crippen molar-refractivity contribution in [2.24, 2.45) is 11.1 Å². The van der Waals surface area contributed by atoms with Gasteiger partial charge in [0.1, 0.15) is 22.8 Å². The van der Waals surface area contributed by atoms with E-state index in [9.17, 15) is 24.3 Å². The van der Waals surface area contributed by atoms with Gasteiger partial charge in [0.2, 0.25) is 0 Å². The lowest BCUT2D eigenvalue weighted by atomic mass is 9.86. The molecule has 2 atom stereocenters. The number of carbonyl (C=O) groups is 4. The lowest BCUT2D eigenvalue weighted by molar-refractivity contribution is -0.144. The van der Waals surface area contributed by atoms with Gasteiger partial charge < -0.3 is 39.3 Å². The Bertz CT molecular complexity index is 1110. The van der Waals surface area contributed by atoms with E-state index >= 15 is 0 Å². The normalized spacial score (nSPS) is 14.2. The Morgan fingerprint density at radius 1 is 0.833 bits per heavy atom. The van der Waals surface area contributed by atoms with Crippen molar-refractivity contribution in [3.8, 4) is 11.5 Å². The predicted molar refractivity (Wildman–Crippen MR) is 154 cm³/mol. The first-order valence-corrected chi connectivity index (χ1v) is 13.9. The highest BCUT2D eigenvalue weighted by molar-refractivity contribution is 5.79. The summed E-state index contributed by atoms with van der Waals surface area (Å²) in [7, 11) is 0. The number of benzene rings is 1. The summed E-state index contributed by atoms with van der Waals surface area (Å²) in [5.41, 5.74) is 2.80. The SMILES string of the molecule is CCC(C)(C)OC(=O)Oc1ccc(CC(N)(C[C@H](C)OC(=O)OCC(C)(C)C)C(=O)O)cc1OC(=O)OC(C)(C)CC. The molecule has 0 aromatic heterocycles. The second kappa shape index (κ2) is 14.6. The largest absolute Gasteiger partial charge is 0.514 e. The van der Waals surface area contributed by atoms with E-state index < -0.39 is 47.3 Å². The average molecular weight is 598 g/mol. The van der Waals surface area contributed by atoms with Gasteiger partial charge in [0, 0.05) is 12.8 Å². The molecule has 0 aliphatic rings. The van der Waals surface area contributed by atoms with Crippen LogP contribution in [0, 0.1) is 5.41 Å². The van der Waals surface area contributed by atoms with Crippen LogP contribution < -0.4 is 15.2 Å². The van der Waals surface area contributed by atoms with Gasteiger partial charge in [-0.15, -0.1) is 0 Å². The van der Waals surface area contributed by atoms with Crippen molar-refractivity contribution in [1.82, 2.24) is 0 Å². The summed E-state index contributed by atoms with van der Waals surface area (Å²) in [5.74, 6) is -1.71. The number of hydrogen-bond donors (Lipinski definition) is 2. The minimum atomic E-state index is -1.89. The maximum absolute atomic E-state index is 12.6. The van der Waals surface area contributed by atoms with Crippen LogP contribution in [0.15, 0.2) is 18.2 Å². The van der Waals surface area contributed by atoms with Crippen molar-refractivity contribution >= 4 is 24.4 Å². The summed E-state index contributed by atoms with van der Waals surface area (Å²) >= 11 is 0. The van der Waals surface area contributed by atoms with Crippen molar-refractivity contribution in [1.29, 1.82) is 0 Å². The van der Waals surface area contributed by atoms with Gasteiger partial charge in [0.05, 0.1) is 6.61 Å². The molecule has 0 aliphatic heterocycles. The molecule has 12 nitrogen and oxygen atoms in total. The van der Waals surface area contributed by atoms with Gasteiger partial charge in [-0.1, -0.05) is 40.7 Å². The van der Waals surface area contributed by atoms with Crippen LogP contribution in [0.1, 0.15) is 94.1 Å². The number of carbonyl (C=O) groups excluding carboxylic acids is 3. The zero-order valence-corrected chi connectivity index (χ0v) is 26.5. The van der Waals surface area contributed by atoms with E-state index in [1.54, 1.807) is 27.7 Å². The van der Waals surface area contributed by atoms with Crippen LogP contribution in [0.5, 0.6) is 11.5 Å². The lowest BCUT2D eigenvalue weighted by Crippen LogP contribution is -2.52. The number of nitrogens with two attached hydrogens (primary N) is 1. The van der Waals surface area contributed by atoms with Crippen LogP contribution >= 0.6 is 0 Å². The van der Waals surface area contributed by atoms with Crippen molar-refractivity contribution in [3.05, 3.63) is 23.8 Å². The molecule has 0 aliphatic carbocycles. The molecule has 0 amide bonds. The zero-order valence-electron chi connectivity index (χ0n) is 26.5. The Balaban J connectivity index is 3.23. The van der Waals surface area contributed by atoms with Crippen molar-refractivity contribution in [3.63, 3.8) is 0 Å². The monoisotopic (exact) mass is 597 g/mol. The van der Waals surface area contributed by atoms with Crippen LogP contribution in [0.4, 0.5) is 14.4 Å². The van der Waals surface area contributed by atoms with Gasteiger partial charge in [-0.3, -0.25) is 4.79 Å². The molecule has 238 valence electrons. The van der Waals surface area contributed by atoms with Gasteiger partial charge in [-0.2, -0.15) is 0 Å². The summed E-state index contributed by atoms with van der Waals surface area (Å²) in [6.45, 7) is 17.7. The highest BCUT2D eigenvalue weighted by atomic mass is 16.8. The summed E-state index contributed by atoms with van der Waals surface area (Å²) in [6.07, 6.45) is -3.41. The Labute approximate surface area is 248 Å². The smallest absolute Gasteiger partial charge is 0.480 e. The molecule has 0 spiro atoms. The molecule has 0 saturated heterocycles. The fourth-order valence-corrected chi connectivity index (χ4v) is 3.27. The number of ether oxygens (including phenoxy) is 6. The summed E-state index contributed by atoms with van der Waals surface area (Å²) in [5, 5.41) is 9.97. The number of hydrogen-bond acceptors (Lipinski definition) is 11. The van der Waals surface area contributed by atoms with E-state index in [0.29, 0.717) is 18.4 Å². The van der Waals surface area contributed by atoms with Gasteiger partial charge in [0.15, 0.2) is 11.5 Å². The third-order valence-electron chi connectivity index (χ3n) is 6.33. The molecule has 1 rings (SSSR count). The maximum atomic E-state index is 12.6. The van der Waals surface area contributed by atoms with Crippen LogP contribution in [0.3, 0.4) is 0 Å². The molecule has 0 radical (unpaired) electrons. The predicted octanol–water partition coefficient (Wildman–Crippen LogP) is 6.40. The van der Waals surface area contributed by atoms with E-state index in [0.717, 1.165) is 0 Å². The summed E-state index contributed by atoms with van der Waals surface area (Å²) in [4.78, 5) is 49.3. The second-order valence-corrected chi connectivity index (χ2v) is 12.8. The molecule has 12 heteroatoms. The van der Waals surface area contributed by atoms with Crippen LogP contribution in [0.2, 0.25) is 0 Å². The summed E-state index contributed by atoms with van der Waals surface area (Å²) < 4.78 is 31.7. The average Bonchev–Trinajstić information content (AvgIpc) is 2.83. The molecule has 0 heterocycles. The van der Waals surface area contributed by atoms with Gasteiger partial charge >= 0.3 is 24.4 Å². The van der Waals surface area contributed by atoms with E-state index in [1.165, 1.54) is 25.1 Å². The molecule has 3 N–H and O–H groups in total. The molecule has 0 bridgehead atoms. The minimum Gasteiger partial charge on any atom is -0.480 e. The number of aliphatic carboxylic acids is 1. The molecule has 1 aromatic rings. The first-order chi connectivity index (χ1) is 19.1. The van der Waals surface area contributed by atoms with Gasteiger partial charge in [-0.25, -0.2) is 14.4 Å². The maximum Gasteiger partial charge on any atom is 0.514 e. The highest BCUT2D eigenvalue weighted by Gasteiger charge is 2.38. The molecule has 1 aromatic carbocycles. The van der Waals surface area contributed by atoms with E-state index in [1.807, 2.05) is 34.6 Å². The fraction of sp³-hybridized carbons (Fsp3) is 0.667. The van der Waals surface area contributed by atoms with Crippen LogP contribution in [0.25, 0.3) is 0 Å². The quantitative estimate of drug-likeness (QED) is 0.146. The second-order valence-electron chi connectivity index (χ2n) is 12.8. The number of carboxylic acids is 1. The first-order valence-electron chi connectivity index (χ1n) is 13.9. The third kappa shape index (κ3) is 13.0. The van der Waals surface area contributed by atoms with Crippen molar-refractivity contribution in [2.75, 3.05) is 6.61 Å². The molecule has 42 heavy (non-hydrogen) atoms. The van der Waals surface area contributed by atoms with Crippen LogP contribution in [-0.2, 0) is 30.2 Å². The number of rotatable bonds is 13. The minimum absolute atomic E-state index is 0.115. The molecular formula is C30H47NO11. The number of carboxylic acid groups (broad SMARTS) is 1. The molecule has 0 fully saturated rings. The Kier molecular flexibility index (Phi) is 12.7. The van der Waals surface area contributed by atoms with Crippen LogP contribution in [-0.4, -0.2) is 59.0 Å². The topological polar surface area (TPSA) is 170 Å². The van der Waals surface area contributed by atoms with Gasteiger partial charge in [-0.05, 0) is 70.6 Å². The molecule has 1 unspecified atom stereocenters. The molecular weight excluding hydrogens is 550 g/mol. The molecule has 0 saturated carbocycles. The van der Waals surface area contributed by atoms with Crippen molar-refractivity contribution < 1.29 is 52.7 Å². The van der Waals surface area contributed by atoms with Crippen molar-refractivity contribution in [2.45, 2.75) is 118 Å². The lowest BCUT2D eigenvalue weighted by Gasteiger charge is -2.28. The van der Waals surface area contributed by atoms with E-state index in [2.05, 4.69) is 0 Å². The van der Waals surface area contributed by atoms with E-state index in [-0.39, 0.29) is 36.4 Å². The van der Waals surface area contributed by atoms with E-state index in [4.69, 9.17) is 34.2 Å².